The Morgan fingerprint density at radius 3 is 2.43 bits per heavy atom. The molecule has 110 valence electrons. The molecule has 0 heterocycles. The maximum atomic E-state index is 10.9. The lowest BCUT2D eigenvalue weighted by atomic mass is 10.3. The van der Waals surface area contributed by atoms with Crippen LogP contribution >= 0.6 is 27.7 Å². The van der Waals surface area contributed by atoms with Crippen LogP contribution in [0.4, 0.5) is 5.69 Å². The number of rotatable bonds is 6. The van der Waals surface area contributed by atoms with Crippen molar-refractivity contribution in [3.8, 4) is 5.75 Å². The van der Waals surface area contributed by atoms with Gasteiger partial charge in [-0.2, -0.15) is 0 Å². The largest absolute Gasteiger partial charge is 0.493 e. The highest BCUT2D eigenvalue weighted by Gasteiger charge is 1.98. The zero-order chi connectivity index (χ0) is 15.1. The van der Waals surface area contributed by atoms with Crippen molar-refractivity contribution in [2.24, 2.45) is 0 Å². The Morgan fingerprint density at radius 1 is 1.14 bits per heavy atom. The summed E-state index contributed by atoms with van der Waals surface area (Å²) in [5.41, 5.74) is 0.818. The molecule has 2 aromatic rings. The molecule has 0 unspecified atom stereocenters. The van der Waals surface area contributed by atoms with Crippen molar-refractivity contribution in [3.05, 3.63) is 53.0 Å². The summed E-state index contributed by atoms with van der Waals surface area (Å²) in [7, 11) is 0. The van der Waals surface area contributed by atoms with Crippen LogP contribution in [-0.4, -0.2) is 18.3 Å². The van der Waals surface area contributed by atoms with Gasteiger partial charge in [0.1, 0.15) is 5.75 Å². The minimum Gasteiger partial charge on any atom is -0.493 e. The molecule has 0 aliphatic rings. The van der Waals surface area contributed by atoms with Crippen LogP contribution in [0.5, 0.6) is 5.75 Å². The fourth-order valence-electron chi connectivity index (χ4n) is 1.69. The van der Waals surface area contributed by atoms with Gasteiger partial charge in [0.25, 0.3) is 0 Å². The smallest absolute Gasteiger partial charge is 0.221 e. The van der Waals surface area contributed by atoms with Crippen molar-refractivity contribution in [3.63, 3.8) is 0 Å². The van der Waals surface area contributed by atoms with E-state index in [9.17, 15) is 4.79 Å². The van der Waals surface area contributed by atoms with Gasteiger partial charge in [-0.25, -0.2) is 0 Å². The van der Waals surface area contributed by atoms with Gasteiger partial charge in [0.05, 0.1) is 6.61 Å². The standard InChI is InChI=1S/C16H16BrNO2S/c1-12(19)18-14-4-8-16(9-5-14)21-11-10-20-15-6-2-13(17)3-7-15/h2-9H,10-11H2,1H3,(H,18,19). The quantitative estimate of drug-likeness (QED) is 0.601. The summed E-state index contributed by atoms with van der Waals surface area (Å²) >= 11 is 5.12. The Morgan fingerprint density at radius 2 is 1.81 bits per heavy atom. The molecule has 3 nitrogen and oxygen atoms in total. The molecule has 0 bridgehead atoms. The molecule has 2 aromatic carbocycles. The number of thioether (sulfide) groups is 1. The lowest BCUT2D eigenvalue weighted by Gasteiger charge is -2.07. The molecule has 21 heavy (non-hydrogen) atoms. The predicted octanol–water partition coefficient (Wildman–Crippen LogP) is 4.58. The SMILES string of the molecule is CC(=O)Nc1ccc(SCCOc2ccc(Br)cc2)cc1. The molecule has 0 spiro atoms. The molecule has 0 radical (unpaired) electrons. The van der Waals surface area contributed by atoms with Crippen molar-refractivity contribution in [1.82, 2.24) is 0 Å². The van der Waals surface area contributed by atoms with Gasteiger partial charge in [-0.1, -0.05) is 15.9 Å². The van der Waals surface area contributed by atoms with E-state index in [4.69, 9.17) is 4.74 Å². The van der Waals surface area contributed by atoms with Crippen LogP contribution in [0.25, 0.3) is 0 Å². The molecule has 0 fully saturated rings. The van der Waals surface area contributed by atoms with E-state index in [-0.39, 0.29) is 5.91 Å². The van der Waals surface area contributed by atoms with Gasteiger partial charge in [-0.05, 0) is 48.5 Å². The minimum atomic E-state index is -0.0571. The molecule has 5 heteroatoms. The highest BCUT2D eigenvalue weighted by molar-refractivity contribution is 9.10. The van der Waals surface area contributed by atoms with Gasteiger partial charge < -0.3 is 10.1 Å². The van der Waals surface area contributed by atoms with E-state index < -0.39 is 0 Å². The molecule has 0 saturated carbocycles. The summed E-state index contributed by atoms with van der Waals surface area (Å²) in [5, 5.41) is 2.75. The molecular weight excluding hydrogens is 350 g/mol. The summed E-state index contributed by atoms with van der Waals surface area (Å²) in [4.78, 5) is 12.1. The second kappa shape index (κ2) is 8.10. The normalized spacial score (nSPS) is 10.2. The number of nitrogens with one attached hydrogen (secondary N) is 1. The fraction of sp³-hybridized carbons (Fsp3) is 0.188. The molecule has 0 aliphatic heterocycles. The molecule has 1 amide bonds. The van der Waals surface area contributed by atoms with Gasteiger partial charge >= 0.3 is 0 Å². The number of hydrogen-bond acceptors (Lipinski definition) is 3. The van der Waals surface area contributed by atoms with Gasteiger partial charge in [0.2, 0.25) is 5.91 Å². The average molecular weight is 366 g/mol. The van der Waals surface area contributed by atoms with E-state index in [0.717, 1.165) is 26.6 Å². The van der Waals surface area contributed by atoms with Crippen LogP contribution in [0.15, 0.2) is 57.9 Å². The second-order valence-corrected chi connectivity index (χ2v) is 6.44. The predicted molar refractivity (Wildman–Crippen MR) is 91.1 cm³/mol. The van der Waals surface area contributed by atoms with E-state index in [0.29, 0.717) is 6.61 Å². The molecular formula is C16H16BrNO2S. The van der Waals surface area contributed by atoms with Gasteiger partial charge in [-0.15, -0.1) is 11.8 Å². The number of halogens is 1. The first-order valence-corrected chi connectivity index (χ1v) is 8.30. The second-order valence-electron chi connectivity index (χ2n) is 4.36. The Labute approximate surface area is 137 Å². The van der Waals surface area contributed by atoms with Crippen molar-refractivity contribution in [2.75, 3.05) is 17.7 Å². The third-order valence-corrected chi connectivity index (χ3v) is 4.11. The number of benzene rings is 2. The van der Waals surface area contributed by atoms with Gasteiger partial charge in [-0.3, -0.25) is 4.79 Å². The Balaban J connectivity index is 1.73. The Kier molecular flexibility index (Phi) is 6.14. The van der Waals surface area contributed by atoms with Crippen LogP contribution in [0.1, 0.15) is 6.92 Å². The average Bonchev–Trinajstić information content (AvgIpc) is 2.46. The number of anilines is 1. The van der Waals surface area contributed by atoms with Crippen molar-refractivity contribution >= 4 is 39.3 Å². The van der Waals surface area contributed by atoms with Crippen LogP contribution < -0.4 is 10.1 Å². The van der Waals surface area contributed by atoms with E-state index in [2.05, 4.69) is 21.2 Å². The first-order valence-electron chi connectivity index (χ1n) is 6.52. The van der Waals surface area contributed by atoms with Crippen LogP contribution in [-0.2, 0) is 4.79 Å². The summed E-state index contributed by atoms with van der Waals surface area (Å²) in [6, 6.07) is 15.6. The third kappa shape index (κ3) is 5.81. The molecule has 0 aliphatic carbocycles. The third-order valence-electron chi connectivity index (χ3n) is 2.61. The number of ether oxygens (including phenoxy) is 1. The maximum Gasteiger partial charge on any atom is 0.221 e. The lowest BCUT2D eigenvalue weighted by molar-refractivity contribution is -0.114. The number of amides is 1. The zero-order valence-electron chi connectivity index (χ0n) is 11.6. The summed E-state index contributed by atoms with van der Waals surface area (Å²) in [6.07, 6.45) is 0. The lowest BCUT2D eigenvalue weighted by Crippen LogP contribution is -2.05. The van der Waals surface area contributed by atoms with Crippen molar-refractivity contribution < 1.29 is 9.53 Å². The molecule has 0 aromatic heterocycles. The highest BCUT2D eigenvalue weighted by Crippen LogP contribution is 2.21. The Hall–Kier alpha value is -1.46. The Bertz CT molecular complexity index is 584. The first-order chi connectivity index (χ1) is 10.1. The van der Waals surface area contributed by atoms with E-state index in [1.165, 1.54) is 6.92 Å². The van der Waals surface area contributed by atoms with E-state index in [1.807, 2.05) is 48.5 Å². The van der Waals surface area contributed by atoms with E-state index >= 15 is 0 Å². The van der Waals surface area contributed by atoms with Crippen molar-refractivity contribution in [1.29, 1.82) is 0 Å². The molecule has 0 saturated heterocycles. The number of carbonyl (C=O) groups is 1. The highest BCUT2D eigenvalue weighted by atomic mass is 79.9. The minimum absolute atomic E-state index is 0.0571. The van der Waals surface area contributed by atoms with Gasteiger partial charge in [0, 0.05) is 27.7 Å². The molecule has 0 atom stereocenters. The summed E-state index contributed by atoms with van der Waals surface area (Å²) in [5.74, 6) is 1.69. The summed E-state index contributed by atoms with van der Waals surface area (Å²) in [6.45, 7) is 2.15. The van der Waals surface area contributed by atoms with E-state index in [1.54, 1.807) is 11.8 Å². The first kappa shape index (κ1) is 15.9. The number of hydrogen-bond donors (Lipinski definition) is 1. The van der Waals surface area contributed by atoms with Crippen LogP contribution in [0.2, 0.25) is 0 Å². The molecule has 2 rings (SSSR count). The number of carbonyl (C=O) groups excluding carboxylic acids is 1. The zero-order valence-corrected chi connectivity index (χ0v) is 14.0. The van der Waals surface area contributed by atoms with Crippen LogP contribution in [0.3, 0.4) is 0 Å². The molecule has 1 N–H and O–H groups in total. The van der Waals surface area contributed by atoms with Crippen molar-refractivity contribution in [2.45, 2.75) is 11.8 Å². The summed E-state index contributed by atoms with van der Waals surface area (Å²) < 4.78 is 6.71. The van der Waals surface area contributed by atoms with Gasteiger partial charge in [0.15, 0.2) is 0 Å². The monoisotopic (exact) mass is 365 g/mol. The fourth-order valence-corrected chi connectivity index (χ4v) is 2.68. The maximum absolute atomic E-state index is 10.9. The van der Waals surface area contributed by atoms with Crippen LogP contribution in [0, 0.1) is 0 Å². The topological polar surface area (TPSA) is 38.3 Å².